The van der Waals surface area contributed by atoms with Gasteiger partial charge in [-0.25, -0.2) is 13.1 Å². The number of anilines is 1. The highest BCUT2D eigenvalue weighted by Crippen LogP contribution is 2.26. The van der Waals surface area contributed by atoms with Gasteiger partial charge in [0.15, 0.2) is 0 Å². The number of hydrogen-bond donors (Lipinski definition) is 1. The van der Waals surface area contributed by atoms with Gasteiger partial charge in [0.05, 0.1) is 11.5 Å². The molecule has 1 aliphatic heterocycles. The SMILES string of the molecule is O=S(=O)(NCCN1CCc2ccccc21)c1ccc(OCCCBr)cc1. The molecule has 5 nitrogen and oxygen atoms in total. The van der Waals surface area contributed by atoms with Crippen LogP contribution in [0.25, 0.3) is 0 Å². The molecule has 7 heteroatoms. The summed E-state index contributed by atoms with van der Waals surface area (Å²) in [4.78, 5) is 2.48. The van der Waals surface area contributed by atoms with Crippen molar-refractivity contribution in [2.45, 2.75) is 17.7 Å². The molecular weight excluding hydrogens is 416 g/mol. The largest absolute Gasteiger partial charge is 0.494 e. The van der Waals surface area contributed by atoms with Crippen LogP contribution in [0.4, 0.5) is 5.69 Å². The Bertz CT molecular complexity index is 825. The summed E-state index contributed by atoms with van der Waals surface area (Å²) in [5.41, 5.74) is 2.53. The summed E-state index contributed by atoms with van der Waals surface area (Å²) in [6, 6.07) is 14.8. The summed E-state index contributed by atoms with van der Waals surface area (Å²) in [5.74, 6) is 0.679. The van der Waals surface area contributed by atoms with Gasteiger partial charge in [0.2, 0.25) is 10.0 Å². The Morgan fingerprint density at radius 3 is 2.65 bits per heavy atom. The molecular formula is C19H23BrN2O3S. The third-order valence-corrected chi connectivity index (χ3v) is 6.38. The van der Waals surface area contributed by atoms with Crippen LogP contribution in [0.3, 0.4) is 0 Å². The van der Waals surface area contributed by atoms with Crippen LogP contribution in [0.5, 0.6) is 5.75 Å². The number of sulfonamides is 1. The molecule has 1 aliphatic rings. The second-order valence-electron chi connectivity index (χ2n) is 6.13. The van der Waals surface area contributed by atoms with Crippen molar-refractivity contribution < 1.29 is 13.2 Å². The first-order valence-electron chi connectivity index (χ1n) is 8.71. The highest BCUT2D eigenvalue weighted by Gasteiger charge is 2.19. The third kappa shape index (κ3) is 4.78. The molecule has 2 aromatic rings. The third-order valence-electron chi connectivity index (χ3n) is 4.34. The summed E-state index contributed by atoms with van der Waals surface area (Å²) in [5, 5.41) is 0.880. The van der Waals surface area contributed by atoms with E-state index in [0.29, 0.717) is 25.4 Å². The molecule has 140 valence electrons. The van der Waals surface area contributed by atoms with Crippen LogP contribution in [0, 0.1) is 0 Å². The van der Waals surface area contributed by atoms with E-state index < -0.39 is 10.0 Å². The van der Waals surface area contributed by atoms with Crippen molar-refractivity contribution in [2.24, 2.45) is 0 Å². The first-order valence-corrected chi connectivity index (χ1v) is 11.3. The monoisotopic (exact) mass is 438 g/mol. The molecule has 2 aromatic carbocycles. The number of ether oxygens (including phenoxy) is 1. The maximum atomic E-state index is 12.4. The standard InChI is InChI=1S/C19H23BrN2O3S/c20-11-3-15-25-17-6-8-18(9-7-17)26(23,24)21-12-14-22-13-10-16-4-1-2-5-19(16)22/h1-2,4-9,21H,3,10-15H2. The van der Waals surface area contributed by atoms with Gasteiger partial charge in [-0.05, 0) is 48.7 Å². The zero-order chi connectivity index (χ0) is 18.4. The number of hydrogen-bond acceptors (Lipinski definition) is 4. The molecule has 0 amide bonds. The maximum absolute atomic E-state index is 12.4. The Balaban J connectivity index is 1.53. The van der Waals surface area contributed by atoms with E-state index >= 15 is 0 Å². The minimum absolute atomic E-state index is 0.257. The Labute approximate surface area is 163 Å². The number of para-hydroxylation sites is 1. The summed E-state index contributed by atoms with van der Waals surface area (Å²) in [7, 11) is -3.51. The van der Waals surface area contributed by atoms with Crippen LogP contribution in [-0.2, 0) is 16.4 Å². The number of fused-ring (bicyclic) bond motifs is 1. The molecule has 0 saturated carbocycles. The van der Waals surface area contributed by atoms with Crippen LogP contribution in [-0.4, -0.2) is 40.0 Å². The van der Waals surface area contributed by atoms with Gasteiger partial charge in [0.25, 0.3) is 0 Å². The zero-order valence-corrected chi connectivity index (χ0v) is 16.9. The maximum Gasteiger partial charge on any atom is 0.240 e. The minimum atomic E-state index is -3.51. The number of nitrogens with one attached hydrogen (secondary N) is 1. The van der Waals surface area contributed by atoms with Crippen LogP contribution in [0.1, 0.15) is 12.0 Å². The van der Waals surface area contributed by atoms with Gasteiger partial charge in [-0.3, -0.25) is 0 Å². The smallest absolute Gasteiger partial charge is 0.240 e. The van der Waals surface area contributed by atoms with Gasteiger partial charge < -0.3 is 9.64 Å². The predicted molar refractivity (Wildman–Crippen MR) is 108 cm³/mol. The normalized spacial score (nSPS) is 13.7. The molecule has 0 spiro atoms. The fraction of sp³-hybridized carbons (Fsp3) is 0.368. The number of rotatable bonds is 9. The van der Waals surface area contributed by atoms with Crippen molar-refractivity contribution in [3.8, 4) is 5.75 Å². The van der Waals surface area contributed by atoms with Gasteiger partial charge in [-0.1, -0.05) is 34.1 Å². The Morgan fingerprint density at radius 2 is 1.88 bits per heavy atom. The summed E-state index contributed by atoms with van der Waals surface area (Å²) in [6.07, 6.45) is 1.92. The molecule has 0 saturated heterocycles. The van der Waals surface area contributed by atoms with Crippen molar-refractivity contribution in [2.75, 3.05) is 36.5 Å². The molecule has 1 heterocycles. The molecule has 0 unspecified atom stereocenters. The molecule has 1 N–H and O–H groups in total. The van der Waals surface area contributed by atoms with E-state index in [4.69, 9.17) is 4.74 Å². The first-order chi connectivity index (χ1) is 12.6. The Morgan fingerprint density at radius 1 is 1.12 bits per heavy atom. The predicted octanol–water partition coefficient (Wildman–Crippen LogP) is 3.19. The van der Waals surface area contributed by atoms with Crippen LogP contribution in [0.2, 0.25) is 0 Å². The number of alkyl halides is 1. The Kier molecular flexibility index (Phi) is 6.56. The molecule has 26 heavy (non-hydrogen) atoms. The second-order valence-corrected chi connectivity index (χ2v) is 8.69. The number of benzene rings is 2. The molecule has 0 atom stereocenters. The fourth-order valence-electron chi connectivity index (χ4n) is 3.00. The lowest BCUT2D eigenvalue weighted by Crippen LogP contribution is -2.34. The Hall–Kier alpha value is -1.57. The first kappa shape index (κ1) is 19.2. The zero-order valence-electron chi connectivity index (χ0n) is 14.5. The van der Waals surface area contributed by atoms with Crippen LogP contribution in [0.15, 0.2) is 53.4 Å². The average Bonchev–Trinajstić information content (AvgIpc) is 3.06. The molecule has 0 aromatic heterocycles. The molecule has 0 fully saturated rings. The molecule has 3 rings (SSSR count). The van der Waals surface area contributed by atoms with E-state index in [1.807, 2.05) is 12.1 Å². The fourth-order valence-corrected chi connectivity index (χ4v) is 4.25. The van der Waals surface area contributed by atoms with Crippen molar-refractivity contribution in [3.63, 3.8) is 0 Å². The van der Waals surface area contributed by atoms with Crippen LogP contribution >= 0.6 is 15.9 Å². The minimum Gasteiger partial charge on any atom is -0.494 e. The highest BCUT2D eigenvalue weighted by atomic mass is 79.9. The van der Waals surface area contributed by atoms with Crippen molar-refractivity contribution in [1.82, 2.24) is 4.72 Å². The highest BCUT2D eigenvalue weighted by molar-refractivity contribution is 9.09. The second kappa shape index (κ2) is 8.88. The molecule has 0 aliphatic carbocycles. The van der Waals surface area contributed by atoms with Gasteiger partial charge in [-0.15, -0.1) is 0 Å². The summed E-state index contributed by atoms with van der Waals surface area (Å²) in [6.45, 7) is 2.57. The average molecular weight is 439 g/mol. The van der Waals surface area contributed by atoms with E-state index in [-0.39, 0.29) is 4.90 Å². The van der Waals surface area contributed by atoms with Gasteiger partial charge in [0, 0.05) is 30.7 Å². The van der Waals surface area contributed by atoms with Crippen molar-refractivity contribution in [1.29, 1.82) is 0 Å². The van der Waals surface area contributed by atoms with Crippen LogP contribution < -0.4 is 14.4 Å². The number of halogens is 1. The lowest BCUT2D eigenvalue weighted by atomic mass is 10.2. The van der Waals surface area contributed by atoms with Gasteiger partial charge >= 0.3 is 0 Å². The molecule has 0 bridgehead atoms. The summed E-state index contributed by atoms with van der Waals surface area (Å²) < 4.78 is 33.1. The van der Waals surface area contributed by atoms with Gasteiger partial charge in [0.1, 0.15) is 5.75 Å². The van der Waals surface area contributed by atoms with E-state index in [1.165, 1.54) is 11.3 Å². The van der Waals surface area contributed by atoms with E-state index in [2.05, 4.69) is 37.7 Å². The topological polar surface area (TPSA) is 58.6 Å². The van der Waals surface area contributed by atoms with E-state index in [0.717, 1.165) is 24.7 Å². The van der Waals surface area contributed by atoms with E-state index in [9.17, 15) is 8.42 Å². The van der Waals surface area contributed by atoms with Gasteiger partial charge in [-0.2, -0.15) is 0 Å². The quantitative estimate of drug-likeness (QED) is 0.482. The number of nitrogens with zero attached hydrogens (tertiary/aromatic N) is 1. The lowest BCUT2D eigenvalue weighted by Gasteiger charge is -2.19. The lowest BCUT2D eigenvalue weighted by molar-refractivity contribution is 0.319. The van der Waals surface area contributed by atoms with Crippen molar-refractivity contribution in [3.05, 3.63) is 54.1 Å². The van der Waals surface area contributed by atoms with Crippen molar-refractivity contribution >= 4 is 31.6 Å². The molecule has 0 radical (unpaired) electrons. The summed E-state index contributed by atoms with van der Waals surface area (Å²) >= 11 is 3.35. The van der Waals surface area contributed by atoms with E-state index in [1.54, 1.807) is 24.3 Å².